The number of nitrogens with zero attached hydrogens (tertiary/aromatic N) is 2. The van der Waals surface area contributed by atoms with Crippen molar-refractivity contribution >= 4 is 5.91 Å². The molecule has 3 N–H and O–H groups in total. The molecule has 0 unspecified atom stereocenters. The van der Waals surface area contributed by atoms with Crippen LogP contribution in [0.1, 0.15) is 41.5 Å². The Bertz CT molecular complexity index is 717. The Morgan fingerprint density at radius 3 is 2.86 bits per heavy atom. The second kappa shape index (κ2) is 5.39. The summed E-state index contributed by atoms with van der Waals surface area (Å²) in [6.07, 6.45) is 4.37. The van der Waals surface area contributed by atoms with Gasteiger partial charge in [0.05, 0.1) is 11.7 Å². The lowest BCUT2D eigenvalue weighted by molar-refractivity contribution is 0.0599. The van der Waals surface area contributed by atoms with Crippen molar-refractivity contribution in [1.82, 2.24) is 25.1 Å². The molecule has 0 saturated carbocycles. The van der Waals surface area contributed by atoms with E-state index in [9.17, 15) is 14.4 Å². The van der Waals surface area contributed by atoms with E-state index in [1.807, 2.05) is 6.07 Å². The molecule has 3 rings (SSSR count). The molecule has 0 aromatic carbocycles. The van der Waals surface area contributed by atoms with Gasteiger partial charge in [0.2, 0.25) is 0 Å². The van der Waals surface area contributed by atoms with E-state index in [1.165, 1.54) is 0 Å². The molecule has 8 heteroatoms. The molecule has 8 nitrogen and oxygen atoms in total. The molecule has 1 saturated heterocycles. The Morgan fingerprint density at radius 1 is 1.29 bits per heavy atom. The van der Waals surface area contributed by atoms with Gasteiger partial charge in [0.15, 0.2) is 0 Å². The highest BCUT2D eigenvalue weighted by Gasteiger charge is 2.30. The van der Waals surface area contributed by atoms with Crippen molar-refractivity contribution in [2.75, 3.05) is 6.54 Å². The summed E-state index contributed by atoms with van der Waals surface area (Å²) in [6, 6.07) is 2.83. The maximum atomic E-state index is 12.6. The summed E-state index contributed by atoms with van der Waals surface area (Å²) in [7, 11) is 0. The molecule has 1 amide bonds. The normalized spacial score (nSPS) is 18.7. The first-order chi connectivity index (χ1) is 10.1. The first-order valence-electron chi connectivity index (χ1n) is 6.79. The number of likely N-dealkylation sites (tertiary alicyclic amines) is 1. The fourth-order valence-electron chi connectivity index (χ4n) is 2.69. The second-order valence-corrected chi connectivity index (χ2v) is 5.02. The van der Waals surface area contributed by atoms with Crippen molar-refractivity contribution in [2.45, 2.75) is 25.3 Å². The summed E-state index contributed by atoms with van der Waals surface area (Å²) in [6.45, 7) is 0.581. The van der Waals surface area contributed by atoms with Crippen LogP contribution in [0.4, 0.5) is 0 Å². The summed E-state index contributed by atoms with van der Waals surface area (Å²) in [5.41, 5.74) is -0.399. The molecule has 110 valence electrons. The van der Waals surface area contributed by atoms with Gasteiger partial charge in [-0.2, -0.15) is 5.10 Å². The number of carbonyl (C=O) groups is 1. The first kappa shape index (κ1) is 13.3. The lowest BCUT2D eigenvalue weighted by atomic mass is 9.99. The molecule has 21 heavy (non-hydrogen) atoms. The third-order valence-electron chi connectivity index (χ3n) is 3.64. The zero-order valence-electron chi connectivity index (χ0n) is 11.3. The number of hydrogen-bond acceptors (Lipinski definition) is 4. The van der Waals surface area contributed by atoms with Gasteiger partial charge in [-0.15, -0.1) is 0 Å². The number of H-pyrrole nitrogens is 3. The number of aromatic nitrogens is 4. The third kappa shape index (κ3) is 2.64. The zero-order chi connectivity index (χ0) is 14.8. The fourth-order valence-corrected chi connectivity index (χ4v) is 2.69. The monoisotopic (exact) mass is 289 g/mol. The molecule has 0 spiro atoms. The van der Waals surface area contributed by atoms with Gasteiger partial charge >= 0.3 is 5.69 Å². The van der Waals surface area contributed by atoms with Crippen LogP contribution in [0.5, 0.6) is 0 Å². The van der Waals surface area contributed by atoms with E-state index in [-0.39, 0.29) is 17.6 Å². The average molecular weight is 289 g/mol. The predicted molar refractivity (Wildman–Crippen MR) is 73.9 cm³/mol. The lowest BCUT2D eigenvalue weighted by Gasteiger charge is -2.34. The molecule has 2 aromatic heterocycles. The average Bonchev–Trinajstić information content (AvgIpc) is 2.99. The van der Waals surface area contributed by atoms with Crippen LogP contribution in [0, 0.1) is 0 Å². The molecule has 3 heterocycles. The molecule has 2 aromatic rings. The van der Waals surface area contributed by atoms with Crippen molar-refractivity contribution in [3.8, 4) is 0 Å². The van der Waals surface area contributed by atoms with Crippen molar-refractivity contribution in [1.29, 1.82) is 0 Å². The fraction of sp³-hybridized carbons (Fsp3) is 0.385. The topological polar surface area (TPSA) is 115 Å². The van der Waals surface area contributed by atoms with Gasteiger partial charge in [0.25, 0.3) is 11.5 Å². The molecule has 1 aliphatic heterocycles. The van der Waals surface area contributed by atoms with Gasteiger partial charge in [-0.1, -0.05) is 0 Å². The van der Waals surface area contributed by atoms with Gasteiger partial charge in [-0.05, 0) is 25.3 Å². The number of amides is 1. The second-order valence-electron chi connectivity index (χ2n) is 5.02. The highest BCUT2D eigenvalue weighted by molar-refractivity contribution is 5.92. The summed E-state index contributed by atoms with van der Waals surface area (Å²) >= 11 is 0. The van der Waals surface area contributed by atoms with Crippen LogP contribution in [0.3, 0.4) is 0 Å². The molecular formula is C13H15N5O3. The molecule has 1 fully saturated rings. The van der Waals surface area contributed by atoms with E-state index in [0.29, 0.717) is 6.54 Å². The number of piperidine rings is 1. The van der Waals surface area contributed by atoms with E-state index >= 15 is 0 Å². The molecule has 1 aliphatic rings. The number of rotatable bonds is 2. The predicted octanol–water partition coefficient (Wildman–Crippen LogP) is 0.154. The van der Waals surface area contributed by atoms with E-state index in [1.54, 1.807) is 11.1 Å². The smallest absolute Gasteiger partial charge is 0.326 e. The van der Waals surface area contributed by atoms with Crippen LogP contribution < -0.4 is 11.2 Å². The summed E-state index contributed by atoms with van der Waals surface area (Å²) in [5.74, 6) is -0.350. The standard InChI is InChI=1S/C13H15N5O3/c19-11-7-9(15-13(21)16-11)12(20)18-6-2-1-3-10(18)8-4-5-14-17-8/h4-5,7,10H,1-3,6H2,(H,14,17)(H2,15,16,19,21)/t10-/m0/s1. The van der Waals surface area contributed by atoms with Crippen molar-refractivity contribution in [3.05, 3.63) is 50.6 Å². The van der Waals surface area contributed by atoms with Gasteiger partial charge in [0, 0.05) is 18.8 Å². The maximum absolute atomic E-state index is 12.6. The largest absolute Gasteiger partial charge is 0.329 e. The van der Waals surface area contributed by atoms with Crippen LogP contribution in [-0.4, -0.2) is 37.5 Å². The first-order valence-corrected chi connectivity index (χ1v) is 6.79. The number of hydrogen-bond donors (Lipinski definition) is 3. The van der Waals surface area contributed by atoms with Crippen LogP contribution in [0.15, 0.2) is 27.9 Å². The van der Waals surface area contributed by atoms with Crippen molar-refractivity contribution < 1.29 is 4.79 Å². The highest BCUT2D eigenvalue weighted by Crippen LogP contribution is 2.30. The van der Waals surface area contributed by atoms with Crippen LogP contribution in [0.2, 0.25) is 0 Å². The number of aromatic amines is 3. The minimum atomic E-state index is -0.680. The Morgan fingerprint density at radius 2 is 2.14 bits per heavy atom. The highest BCUT2D eigenvalue weighted by atomic mass is 16.2. The Balaban J connectivity index is 1.94. The SMILES string of the molecule is O=C(c1cc(=O)[nH]c(=O)[nH]1)N1CCCC[C@H]1c1ccn[nH]1. The summed E-state index contributed by atoms with van der Waals surface area (Å²) in [4.78, 5) is 41.3. The molecular weight excluding hydrogens is 274 g/mol. The summed E-state index contributed by atoms with van der Waals surface area (Å²) < 4.78 is 0. The van der Waals surface area contributed by atoms with E-state index in [0.717, 1.165) is 31.0 Å². The summed E-state index contributed by atoms with van der Waals surface area (Å²) in [5, 5.41) is 6.80. The van der Waals surface area contributed by atoms with Gasteiger partial charge in [-0.25, -0.2) is 4.79 Å². The zero-order valence-corrected chi connectivity index (χ0v) is 11.3. The van der Waals surface area contributed by atoms with Crippen molar-refractivity contribution in [2.24, 2.45) is 0 Å². The molecule has 1 atom stereocenters. The number of carbonyl (C=O) groups excluding carboxylic acids is 1. The maximum Gasteiger partial charge on any atom is 0.326 e. The van der Waals surface area contributed by atoms with Crippen LogP contribution >= 0.6 is 0 Å². The quantitative estimate of drug-likeness (QED) is 0.730. The third-order valence-corrected chi connectivity index (χ3v) is 3.64. The molecule has 0 radical (unpaired) electrons. The number of nitrogens with one attached hydrogen (secondary N) is 3. The Hall–Kier alpha value is -2.64. The minimum Gasteiger partial charge on any atom is -0.329 e. The lowest BCUT2D eigenvalue weighted by Crippen LogP contribution is -2.40. The van der Waals surface area contributed by atoms with Crippen LogP contribution in [0.25, 0.3) is 0 Å². The van der Waals surface area contributed by atoms with E-state index < -0.39 is 11.2 Å². The molecule has 0 bridgehead atoms. The van der Waals surface area contributed by atoms with E-state index in [2.05, 4.69) is 20.2 Å². The Labute approximate surface area is 119 Å². The van der Waals surface area contributed by atoms with Crippen molar-refractivity contribution in [3.63, 3.8) is 0 Å². The Kier molecular flexibility index (Phi) is 3.43. The molecule has 0 aliphatic carbocycles. The van der Waals surface area contributed by atoms with Gasteiger partial charge in [0.1, 0.15) is 5.69 Å². The minimum absolute atomic E-state index is 0.00941. The van der Waals surface area contributed by atoms with Crippen LogP contribution in [-0.2, 0) is 0 Å². The van der Waals surface area contributed by atoms with Gasteiger partial charge < -0.3 is 9.88 Å². The van der Waals surface area contributed by atoms with E-state index in [4.69, 9.17) is 0 Å². The van der Waals surface area contributed by atoms with Gasteiger partial charge in [-0.3, -0.25) is 19.7 Å².